The van der Waals surface area contributed by atoms with E-state index in [0.29, 0.717) is 25.7 Å². The molecule has 4 heteroatoms. The van der Waals surface area contributed by atoms with Crippen molar-refractivity contribution in [1.29, 1.82) is 0 Å². The van der Waals surface area contributed by atoms with E-state index in [1.165, 1.54) is 5.57 Å². The van der Waals surface area contributed by atoms with Gasteiger partial charge in [0.1, 0.15) is 5.60 Å². The maximum atomic E-state index is 10.7. The van der Waals surface area contributed by atoms with Crippen LogP contribution in [0.25, 0.3) is 0 Å². The number of aliphatic hydroxyl groups excluding tert-OH is 1. The van der Waals surface area contributed by atoms with Gasteiger partial charge in [-0.1, -0.05) is 23.8 Å². The van der Waals surface area contributed by atoms with Crippen LogP contribution in [0.1, 0.15) is 73.1 Å². The summed E-state index contributed by atoms with van der Waals surface area (Å²) in [6, 6.07) is 0. The number of hydrogen-bond donors (Lipinski definition) is 3. The largest absolute Gasteiger partial charge is 0.390 e. The maximum absolute atomic E-state index is 10.7. The van der Waals surface area contributed by atoms with Crippen LogP contribution in [0.2, 0.25) is 0 Å². The molecule has 0 aromatic rings. The summed E-state index contributed by atoms with van der Waals surface area (Å²) >= 11 is 0. The Morgan fingerprint density at radius 1 is 1.17 bits per heavy atom. The van der Waals surface area contributed by atoms with Gasteiger partial charge < -0.3 is 20.1 Å². The number of ether oxygens (including phenoxy) is 1. The van der Waals surface area contributed by atoms with E-state index in [4.69, 9.17) is 4.74 Å². The summed E-state index contributed by atoms with van der Waals surface area (Å²) in [5, 5.41) is 32.1. The van der Waals surface area contributed by atoms with Gasteiger partial charge in [-0.05, 0) is 73.1 Å². The van der Waals surface area contributed by atoms with Crippen LogP contribution in [-0.2, 0) is 4.74 Å². The third-order valence-electron chi connectivity index (χ3n) is 5.82. The van der Waals surface area contributed by atoms with Crippen molar-refractivity contribution < 1.29 is 20.1 Å². The van der Waals surface area contributed by atoms with Gasteiger partial charge in [-0.3, -0.25) is 0 Å². The number of rotatable bonds is 1. The maximum Gasteiger partial charge on any atom is 0.115 e. The van der Waals surface area contributed by atoms with Crippen LogP contribution in [0.15, 0.2) is 23.8 Å². The molecule has 2 bridgehead atoms. The second kappa shape index (κ2) is 6.56. The van der Waals surface area contributed by atoms with Crippen LogP contribution < -0.4 is 0 Å². The SMILES string of the molecule is CC1=CCCC(C)(O)C=CC2(C(C)(C)O)CCC(C)(O2)C(O)CC1. The minimum atomic E-state index is -1.11. The van der Waals surface area contributed by atoms with Crippen LogP contribution in [0.5, 0.6) is 0 Å². The molecule has 2 heterocycles. The lowest BCUT2D eigenvalue weighted by molar-refractivity contribution is -0.189. The van der Waals surface area contributed by atoms with E-state index >= 15 is 0 Å². The van der Waals surface area contributed by atoms with E-state index in [1.807, 2.05) is 13.0 Å². The molecule has 2 aliphatic heterocycles. The molecule has 0 radical (unpaired) electrons. The molecular formula is C20H34O4. The Bertz CT molecular complexity index is 514. The molecule has 138 valence electrons. The Kier molecular flexibility index (Phi) is 5.37. The summed E-state index contributed by atoms with van der Waals surface area (Å²) in [5.41, 5.74) is -2.42. The molecule has 4 nitrogen and oxygen atoms in total. The normalized spacial score (nSPS) is 42.0. The lowest BCUT2D eigenvalue weighted by atomic mass is 9.81. The lowest BCUT2D eigenvalue weighted by Gasteiger charge is -2.41. The van der Waals surface area contributed by atoms with Crippen molar-refractivity contribution in [3.63, 3.8) is 0 Å². The molecule has 4 unspecified atom stereocenters. The number of fused-ring (bicyclic) bond motifs is 2. The van der Waals surface area contributed by atoms with E-state index in [1.54, 1.807) is 26.8 Å². The summed E-state index contributed by atoms with van der Waals surface area (Å²) < 4.78 is 6.34. The van der Waals surface area contributed by atoms with Crippen molar-refractivity contribution in [2.45, 2.75) is 102 Å². The quantitative estimate of drug-likeness (QED) is 0.642. The summed E-state index contributed by atoms with van der Waals surface area (Å²) in [6.07, 6.45) is 9.27. The molecule has 0 spiro atoms. The first-order valence-corrected chi connectivity index (χ1v) is 9.08. The Morgan fingerprint density at radius 3 is 2.46 bits per heavy atom. The van der Waals surface area contributed by atoms with E-state index in [9.17, 15) is 15.3 Å². The highest BCUT2D eigenvalue weighted by atomic mass is 16.6. The molecule has 0 aromatic heterocycles. The summed E-state index contributed by atoms with van der Waals surface area (Å²) in [7, 11) is 0. The zero-order valence-corrected chi connectivity index (χ0v) is 15.8. The minimum Gasteiger partial charge on any atom is -0.390 e. The average molecular weight is 338 g/mol. The fourth-order valence-electron chi connectivity index (χ4n) is 3.72. The number of hydrogen-bond acceptors (Lipinski definition) is 4. The molecule has 24 heavy (non-hydrogen) atoms. The van der Waals surface area contributed by atoms with Gasteiger partial charge in [0.15, 0.2) is 0 Å². The van der Waals surface area contributed by atoms with Gasteiger partial charge in [-0.15, -0.1) is 0 Å². The zero-order valence-electron chi connectivity index (χ0n) is 15.8. The Labute approximate surface area is 146 Å². The third kappa shape index (κ3) is 4.10. The average Bonchev–Trinajstić information content (AvgIpc) is 2.82. The van der Waals surface area contributed by atoms with Crippen LogP contribution in [-0.4, -0.2) is 43.8 Å². The van der Waals surface area contributed by atoms with Gasteiger partial charge in [0.25, 0.3) is 0 Å². The van der Waals surface area contributed by atoms with Crippen molar-refractivity contribution >= 4 is 0 Å². The summed E-state index contributed by atoms with van der Waals surface area (Å²) in [6.45, 7) is 9.24. The van der Waals surface area contributed by atoms with E-state index in [0.717, 1.165) is 12.8 Å². The van der Waals surface area contributed by atoms with Crippen molar-refractivity contribution in [3.05, 3.63) is 23.8 Å². The van der Waals surface area contributed by atoms with Crippen molar-refractivity contribution in [2.75, 3.05) is 0 Å². The van der Waals surface area contributed by atoms with E-state index < -0.39 is 28.5 Å². The first kappa shape index (κ1) is 19.6. The van der Waals surface area contributed by atoms with Crippen molar-refractivity contribution in [2.24, 2.45) is 0 Å². The zero-order chi connectivity index (χ0) is 18.2. The van der Waals surface area contributed by atoms with E-state index in [-0.39, 0.29) is 0 Å². The highest BCUT2D eigenvalue weighted by molar-refractivity contribution is 5.19. The molecule has 0 saturated carbocycles. The second-order valence-electron chi connectivity index (χ2n) is 8.70. The predicted molar refractivity (Wildman–Crippen MR) is 95.7 cm³/mol. The summed E-state index contributed by atoms with van der Waals surface area (Å²) in [4.78, 5) is 0. The second-order valence-corrected chi connectivity index (χ2v) is 8.70. The van der Waals surface area contributed by atoms with Gasteiger partial charge >= 0.3 is 0 Å². The van der Waals surface area contributed by atoms with Crippen LogP contribution in [0.3, 0.4) is 0 Å². The third-order valence-corrected chi connectivity index (χ3v) is 5.82. The molecule has 1 saturated heterocycles. The smallest absolute Gasteiger partial charge is 0.115 e. The number of allylic oxidation sites excluding steroid dienone is 2. The topological polar surface area (TPSA) is 69.9 Å². The van der Waals surface area contributed by atoms with Crippen molar-refractivity contribution in [3.8, 4) is 0 Å². The molecule has 0 amide bonds. The van der Waals surface area contributed by atoms with Crippen LogP contribution in [0.4, 0.5) is 0 Å². The molecular weight excluding hydrogens is 304 g/mol. The molecule has 2 aliphatic rings. The standard InChI is InChI=1S/C20H34O4/c1-15-7-6-10-18(4,23)11-13-20(17(2,3)22)14-12-19(5,24-20)16(21)9-8-15/h7,11,13,16,21-23H,6,8-10,12,14H2,1-5H3. The molecule has 3 N–H and O–H groups in total. The molecule has 1 fully saturated rings. The highest BCUT2D eigenvalue weighted by Gasteiger charge is 2.55. The Balaban J connectivity index is 2.41. The molecule has 0 aromatic carbocycles. The van der Waals surface area contributed by atoms with Gasteiger partial charge in [-0.25, -0.2) is 0 Å². The first-order chi connectivity index (χ1) is 10.9. The molecule has 0 aliphatic carbocycles. The van der Waals surface area contributed by atoms with Gasteiger partial charge in [-0.2, -0.15) is 0 Å². The van der Waals surface area contributed by atoms with Gasteiger partial charge in [0, 0.05) is 0 Å². The Hall–Kier alpha value is -0.680. The van der Waals surface area contributed by atoms with Gasteiger partial charge in [0.2, 0.25) is 0 Å². The van der Waals surface area contributed by atoms with Crippen molar-refractivity contribution in [1.82, 2.24) is 0 Å². The molecule has 2 rings (SSSR count). The Morgan fingerprint density at radius 2 is 1.83 bits per heavy atom. The number of aliphatic hydroxyl groups is 3. The lowest BCUT2D eigenvalue weighted by Crippen LogP contribution is -2.52. The monoisotopic (exact) mass is 338 g/mol. The van der Waals surface area contributed by atoms with E-state index in [2.05, 4.69) is 13.0 Å². The van der Waals surface area contributed by atoms with Gasteiger partial charge in [0.05, 0.1) is 22.9 Å². The summed E-state index contributed by atoms with van der Waals surface area (Å²) in [5.74, 6) is 0. The fourth-order valence-corrected chi connectivity index (χ4v) is 3.72. The predicted octanol–water partition coefficient (Wildman–Crippen LogP) is 3.25. The van der Waals surface area contributed by atoms with Crippen LogP contribution >= 0.6 is 0 Å². The molecule has 4 atom stereocenters. The fraction of sp³-hybridized carbons (Fsp3) is 0.800. The van der Waals surface area contributed by atoms with Crippen LogP contribution in [0, 0.1) is 0 Å². The minimum absolute atomic E-state index is 0.584. The highest BCUT2D eigenvalue weighted by Crippen LogP contribution is 2.47. The first-order valence-electron chi connectivity index (χ1n) is 9.08.